The second kappa shape index (κ2) is 11.6. The maximum Gasteiger partial charge on any atom is 0.154 e. The summed E-state index contributed by atoms with van der Waals surface area (Å²) in [6.45, 7) is -3.01. The molecule has 0 spiro atoms. The quantitative estimate of drug-likeness (QED) is 0.278. The highest BCUT2D eigenvalue weighted by Gasteiger charge is 2.26. The van der Waals surface area contributed by atoms with Gasteiger partial charge in [0.15, 0.2) is 15.7 Å². The van der Waals surface area contributed by atoms with Gasteiger partial charge in [0.1, 0.15) is 23.6 Å². The van der Waals surface area contributed by atoms with Crippen LogP contribution in [0.2, 0.25) is 0 Å². The number of hydrogen-bond acceptors (Lipinski definition) is 7. The van der Waals surface area contributed by atoms with E-state index in [-0.39, 0.29) is 30.4 Å². The molecule has 1 fully saturated rings. The number of likely N-dealkylation sites (tertiary alicyclic amines) is 1. The second-order valence-corrected chi connectivity index (χ2v) is 12.2. The molecule has 1 saturated heterocycles. The molecule has 4 heterocycles. The standard InChI is InChI=1S/C29H34F2N6O2S/c1-4-14-40(38,39)18-20-6-7-24(30)29(27(20)31)37-17-23(21-15-32-19-33-16-21)28-25(37)8-9-26(34-28)35(3)22-10-12-36(5-2)13-11-22/h6-9,15-17,19,22H,4-5,10-14,18H2,1-3H3/i2D3,5D2. The minimum absolute atomic E-state index is 0.0687. The van der Waals surface area contributed by atoms with E-state index in [1.165, 1.54) is 22.0 Å². The van der Waals surface area contributed by atoms with Crippen LogP contribution in [0.3, 0.4) is 0 Å². The first kappa shape index (κ1) is 22.3. The molecule has 1 aromatic carbocycles. The molecule has 3 aromatic heterocycles. The van der Waals surface area contributed by atoms with Crippen LogP contribution in [0.1, 0.15) is 45.5 Å². The van der Waals surface area contributed by atoms with Crippen molar-refractivity contribution in [1.29, 1.82) is 0 Å². The molecule has 5 rings (SSSR count). The third kappa shape index (κ3) is 5.57. The first-order valence-electron chi connectivity index (χ1n) is 15.6. The van der Waals surface area contributed by atoms with E-state index in [1.54, 1.807) is 31.5 Å². The molecule has 0 radical (unpaired) electrons. The van der Waals surface area contributed by atoms with Crippen molar-refractivity contribution < 1.29 is 24.1 Å². The Kier molecular flexibility index (Phi) is 6.45. The molecule has 0 N–H and O–H groups in total. The molecular weight excluding hydrogens is 534 g/mol. The number of rotatable bonds is 9. The molecule has 0 amide bonds. The van der Waals surface area contributed by atoms with E-state index in [0.717, 1.165) is 12.1 Å². The highest BCUT2D eigenvalue weighted by molar-refractivity contribution is 7.90. The van der Waals surface area contributed by atoms with Gasteiger partial charge in [-0.25, -0.2) is 32.2 Å². The average Bonchev–Trinajstić information content (AvgIpc) is 3.36. The number of anilines is 1. The van der Waals surface area contributed by atoms with Gasteiger partial charge in [-0.1, -0.05) is 19.8 Å². The van der Waals surface area contributed by atoms with Crippen molar-refractivity contribution in [2.75, 3.05) is 37.3 Å². The molecule has 0 saturated carbocycles. The van der Waals surface area contributed by atoms with E-state index in [2.05, 4.69) is 9.97 Å². The number of piperidine rings is 1. The molecule has 212 valence electrons. The Hall–Kier alpha value is -3.44. The summed E-state index contributed by atoms with van der Waals surface area (Å²) in [5.41, 5.74) is 1.28. The van der Waals surface area contributed by atoms with Gasteiger partial charge in [0.05, 0.1) is 22.5 Å². The third-order valence-electron chi connectivity index (χ3n) is 7.31. The Morgan fingerprint density at radius 3 is 2.60 bits per heavy atom. The van der Waals surface area contributed by atoms with Gasteiger partial charge in [-0.15, -0.1) is 0 Å². The van der Waals surface area contributed by atoms with Crippen molar-refractivity contribution in [1.82, 2.24) is 24.4 Å². The summed E-state index contributed by atoms with van der Waals surface area (Å²) in [5, 5.41) is 0. The van der Waals surface area contributed by atoms with Gasteiger partial charge in [-0.2, -0.15) is 0 Å². The summed E-state index contributed by atoms with van der Waals surface area (Å²) >= 11 is 0. The van der Waals surface area contributed by atoms with Crippen molar-refractivity contribution in [3.05, 3.63) is 66.4 Å². The van der Waals surface area contributed by atoms with Gasteiger partial charge >= 0.3 is 0 Å². The Labute approximate surface area is 240 Å². The predicted molar refractivity (Wildman–Crippen MR) is 153 cm³/mol. The SMILES string of the molecule is [2H]C([2H])([2H])C([2H])([2H])N1CCC(N(C)c2ccc3c(n2)c(-c2cncnc2)cn3-c2c(F)ccc(CS(=O)(=O)CCC)c2F)CC1. The van der Waals surface area contributed by atoms with Crippen molar-refractivity contribution in [3.8, 4) is 16.8 Å². The van der Waals surface area contributed by atoms with Crippen molar-refractivity contribution in [2.45, 2.75) is 44.8 Å². The summed E-state index contributed by atoms with van der Waals surface area (Å²) in [7, 11) is -1.76. The molecule has 1 aliphatic rings. The van der Waals surface area contributed by atoms with Gasteiger partial charge in [0, 0.05) is 68.3 Å². The summed E-state index contributed by atoms with van der Waals surface area (Å²) in [6.07, 6.45) is 7.37. The van der Waals surface area contributed by atoms with Crippen LogP contribution in [0.25, 0.3) is 27.8 Å². The van der Waals surface area contributed by atoms with Crippen LogP contribution in [-0.2, 0) is 15.6 Å². The van der Waals surface area contributed by atoms with E-state index >= 15 is 8.78 Å². The van der Waals surface area contributed by atoms with Gasteiger partial charge < -0.3 is 14.4 Å². The van der Waals surface area contributed by atoms with Crippen molar-refractivity contribution in [3.63, 3.8) is 0 Å². The largest absolute Gasteiger partial charge is 0.357 e. The van der Waals surface area contributed by atoms with Crippen LogP contribution in [0.4, 0.5) is 14.6 Å². The lowest BCUT2D eigenvalue weighted by Crippen LogP contribution is -2.43. The maximum atomic E-state index is 15.9. The lowest BCUT2D eigenvalue weighted by Gasteiger charge is -2.36. The normalized spacial score (nSPS) is 17.6. The minimum Gasteiger partial charge on any atom is -0.357 e. The van der Waals surface area contributed by atoms with Crippen LogP contribution in [0.15, 0.2) is 49.2 Å². The average molecular weight is 574 g/mol. The molecular formula is C29H34F2N6O2S. The zero-order chi connectivity index (χ0) is 32.7. The monoisotopic (exact) mass is 573 g/mol. The summed E-state index contributed by atoms with van der Waals surface area (Å²) in [5.74, 6) is -1.97. The van der Waals surface area contributed by atoms with Gasteiger partial charge in [-0.05, 0) is 44.0 Å². The van der Waals surface area contributed by atoms with Crippen LogP contribution < -0.4 is 4.90 Å². The van der Waals surface area contributed by atoms with Gasteiger partial charge in [0.25, 0.3) is 0 Å². The minimum atomic E-state index is -3.60. The number of pyridine rings is 1. The summed E-state index contributed by atoms with van der Waals surface area (Å²) in [6, 6.07) is 5.54. The highest BCUT2D eigenvalue weighted by Crippen LogP contribution is 2.35. The van der Waals surface area contributed by atoms with E-state index in [0.29, 0.717) is 47.2 Å². The lowest BCUT2D eigenvalue weighted by molar-refractivity contribution is 0.220. The zero-order valence-electron chi connectivity index (χ0n) is 27.3. The van der Waals surface area contributed by atoms with Crippen LogP contribution in [-0.4, -0.2) is 71.3 Å². The zero-order valence-corrected chi connectivity index (χ0v) is 23.1. The number of nitrogens with zero attached hydrogens (tertiary/aromatic N) is 6. The molecule has 4 aromatic rings. The second-order valence-electron chi connectivity index (χ2n) is 9.98. The topological polar surface area (TPSA) is 84.2 Å². The van der Waals surface area contributed by atoms with Crippen molar-refractivity contribution in [2.24, 2.45) is 0 Å². The number of aromatic nitrogens is 4. The fraction of sp³-hybridized carbons (Fsp3) is 0.414. The Balaban J connectivity index is 1.54. The number of benzene rings is 1. The Morgan fingerprint density at radius 1 is 1.15 bits per heavy atom. The number of halogens is 2. The first-order valence-corrected chi connectivity index (χ1v) is 14.9. The Morgan fingerprint density at radius 2 is 1.90 bits per heavy atom. The highest BCUT2D eigenvalue weighted by atomic mass is 32.2. The fourth-order valence-corrected chi connectivity index (χ4v) is 6.68. The predicted octanol–water partition coefficient (Wildman–Crippen LogP) is 5.01. The molecule has 8 nitrogen and oxygen atoms in total. The lowest BCUT2D eigenvalue weighted by atomic mass is 10.0. The molecule has 0 unspecified atom stereocenters. The Bertz CT molecular complexity index is 1800. The van der Waals surface area contributed by atoms with E-state index < -0.39 is 46.3 Å². The molecule has 0 bridgehead atoms. The molecule has 11 heteroatoms. The van der Waals surface area contributed by atoms with Gasteiger partial charge in [-0.3, -0.25) is 0 Å². The van der Waals surface area contributed by atoms with E-state index in [1.807, 2.05) is 11.9 Å². The fourth-order valence-electron chi connectivity index (χ4n) is 5.21. The summed E-state index contributed by atoms with van der Waals surface area (Å²) in [4.78, 5) is 16.3. The number of hydrogen-bond donors (Lipinski definition) is 0. The number of sulfone groups is 1. The smallest absolute Gasteiger partial charge is 0.154 e. The van der Waals surface area contributed by atoms with Crippen LogP contribution in [0.5, 0.6) is 0 Å². The summed E-state index contributed by atoms with van der Waals surface area (Å²) < 4.78 is 96.5. The van der Waals surface area contributed by atoms with Crippen LogP contribution in [0, 0.1) is 11.6 Å². The molecule has 40 heavy (non-hydrogen) atoms. The third-order valence-corrected chi connectivity index (χ3v) is 9.09. The molecule has 1 aliphatic heterocycles. The van der Waals surface area contributed by atoms with Crippen LogP contribution >= 0.6 is 0 Å². The first-order chi connectivity index (χ1) is 21.1. The van der Waals surface area contributed by atoms with Crippen molar-refractivity contribution >= 4 is 26.7 Å². The molecule has 0 aliphatic carbocycles. The maximum absolute atomic E-state index is 15.9. The number of fused-ring (bicyclic) bond motifs is 1. The van der Waals surface area contributed by atoms with E-state index in [9.17, 15) is 8.42 Å². The van der Waals surface area contributed by atoms with E-state index in [4.69, 9.17) is 11.8 Å². The molecule has 0 atom stereocenters. The van der Waals surface area contributed by atoms with Gasteiger partial charge in [0.2, 0.25) is 0 Å².